The Hall–Kier alpha value is -3.50. The minimum absolute atomic E-state index is 0.0433. The summed E-state index contributed by atoms with van der Waals surface area (Å²) < 4.78 is 15.7. The summed E-state index contributed by atoms with van der Waals surface area (Å²) in [5.41, 5.74) is -1.83. The van der Waals surface area contributed by atoms with E-state index in [4.69, 9.17) is 13.9 Å². The van der Waals surface area contributed by atoms with Gasteiger partial charge in [0.25, 0.3) is 0 Å². The van der Waals surface area contributed by atoms with Gasteiger partial charge in [-0.1, -0.05) is 6.92 Å². The number of pyridine rings is 1. The van der Waals surface area contributed by atoms with Crippen molar-refractivity contribution in [2.75, 3.05) is 10.6 Å². The smallest absolute Gasteiger partial charge is 0.413 e. The van der Waals surface area contributed by atoms with Gasteiger partial charge in [-0.2, -0.15) is 0 Å². The number of rotatable bonds is 4. The average Bonchev–Trinajstić information content (AvgIpc) is 2.90. The number of fused-ring (bicyclic) bond motifs is 1. The van der Waals surface area contributed by atoms with E-state index in [1.54, 1.807) is 48.5 Å². The van der Waals surface area contributed by atoms with Gasteiger partial charge in [0.2, 0.25) is 5.76 Å². The number of nitrogens with one attached hydrogen (secondary N) is 2. The van der Waals surface area contributed by atoms with Gasteiger partial charge in [-0.05, 0) is 48.0 Å². The van der Waals surface area contributed by atoms with Crippen LogP contribution in [0.1, 0.15) is 64.6 Å². The molecule has 0 aromatic carbocycles. The van der Waals surface area contributed by atoms with Crippen molar-refractivity contribution in [3.05, 3.63) is 11.3 Å². The van der Waals surface area contributed by atoms with Gasteiger partial charge in [-0.3, -0.25) is 10.6 Å². The highest BCUT2D eigenvalue weighted by Crippen LogP contribution is 2.39. The summed E-state index contributed by atoms with van der Waals surface area (Å²) in [6.45, 7) is 11.6. The van der Waals surface area contributed by atoms with Crippen molar-refractivity contribution in [1.82, 2.24) is 4.98 Å². The van der Waals surface area contributed by atoms with E-state index in [0.29, 0.717) is 0 Å². The second-order valence-corrected chi connectivity index (χ2v) is 8.68. The molecule has 2 rings (SSSR count). The van der Waals surface area contributed by atoms with Crippen molar-refractivity contribution >= 4 is 40.8 Å². The Morgan fingerprint density at radius 1 is 1.00 bits per heavy atom. The number of nitrogens with zero attached hydrogens (tertiary/aromatic N) is 1. The maximum Gasteiger partial charge on any atom is 0.413 e. The maximum atomic E-state index is 12.3. The molecule has 0 saturated heterocycles. The molecule has 0 spiro atoms. The standard InChI is InChI=1S/C20H27N3O8/c1-8-9-12(24)15(23-18(28)31-20(5,6)7)21-10-11(14(16(25)26)29-13(9)10)22-17(27)30-19(2,3)4/h24H,8H2,1-7H3,(H,22,27)(H,25,26)(H,21,23,28). The molecule has 0 atom stereocenters. The molecular formula is C20H27N3O8. The Kier molecular flexibility index (Phi) is 6.38. The third-order valence-electron chi connectivity index (χ3n) is 3.68. The number of furan rings is 1. The number of aromatic carboxylic acids is 1. The number of carbonyl (C=O) groups is 3. The van der Waals surface area contributed by atoms with Gasteiger partial charge in [0.1, 0.15) is 22.4 Å². The van der Waals surface area contributed by atoms with Crippen LogP contribution in [0.25, 0.3) is 11.1 Å². The Labute approximate surface area is 178 Å². The number of hydrogen-bond acceptors (Lipinski definition) is 8. The molecule has 0 fully saturated rings. The zero-order valence-electron chi connectivity index (χ0n) is 18.5. The largest absolute Gasteiger partial charge is 0.504 e. The molecule has 2 aromatic rings. The normalized spacial score (nSPS) is 11.8. The molecule has 170 valence electrons. The van der Waals surface area contributed by atoms with Crippen LogP contribution in [0.5, 0.6) is 5.75 Å². The third-order valence-corrected chi connectivity index (χ3v) is 3.68. The zero-order chi connectivity index (χ0) is 23.7. The third kappa shape index (κ3) is 5.77. The molecule has 0 aliphatic carbocycles. The van der Waals surface area contributed by atoms with E-state index in [1.807, 2.05) is 0 Å². The summed E-state index contributed by atoms with van der Waals surface area (Å²) in [7, 11) is 0. The summed E-state index contributed by atoms with van der Waals surface area (Å²) in [5, 5.41) is 24.7. The van der Waals surface area contributed by atoms with Crippen molar-refractivity contribution in [3.8, 4) is 5.75 Å². The highest BCUT2D eigenvalue weighted by atomic mass is 16.6. The molecule has 2 amide bonds. The van der Waals surface area contributed by atoms with Crippen molar-refractivity contribution in [1.29, 1.82) is 0 Å². The Morgan fingerprint density at radius 2 is 1.52 bits per heavy atom. The number of aryl methyl sites for hydroxylation is 1. The highest BCUT2D eigenvalue weighted by Gasteiger charge is 2.29. The van der Waals surface area contributed by atoms with Gasteiger partial charge in [-0.25, -0.2) is 19.4 Å². The van der Waals surface area contributed by atoms with Crippen LogP contribution < -0.4 is 10.6 Å². The summed E-state index contributed by atoms with van der Waals surface area (Å²) in [6, 6.07) is 0. The predicted octanol–water partition coefficient (Wildman–Crippen LogP) is 4.49. The fraction of sp³-hybridized carbons (Fsp3) is 0.500. The van der Waals surface area contributed by atoms with E-state index in [0.717, 1.165) is 0 Å². The molecule has 0 aliphatic rings. The van der Waals surface area contributed by atoms with E-state index in [2.05, 4.69) is 15.6 Å². The lowest BCUT2D eigenvalue weighted by Crippen LogP contribution is -2.28. The van der Waals surface area contributed by atoms with Crippen molar-refractivity contribution in [3.63, 3.8) is 0 Å². The summed E-state index contributed by atoms with van der Waals surface area (Å²) in [6.07, 6.45) is -1.58. The first-order chi connectivity index (χ1) is 14.1. The molecule has 11 heteroatoms. The van der Waals surface area contributed by atoms with Gasteiger partial charge >= 0.3 is 18.2 Å². The van der Waals surface area contributed by atoms with E-state index >= 15 is 0 Å². The molecule has 0 bridgehead atoms. The molecule has 4 N–H and O–H groups in total. The molecular weight excluding hydrogens is 410 g/mol. The molecule has 0 unspecified atom stereocenters. The van der Waals surface area contributed by atoms with Crippen LogP contribution in [-0.2, 0) is 15.9 Å². The van der Waals surface area contributed by atoms with Gasteiger partial charge in [0.15, 0.2) is 17.2 Å². The Bertz CT molecular complexity index is 1030. The van der Waals surface area contributed by atoms with Crippen LogP contribution in [-0.4, -0.2) is 44.6 Å². The SMILES string of the molecule is CCc1c(O)c(NC(=O)OC(C)(C)C)nc2c(NC(=O)OC(C)(C)C)c(C(=O)O)oc12. The average molecular weight is 437 g/mol. The summed E-state index contributed by atoms with van der Waals surface area (Å²) >= 11 is 0. The van der Waals surface area contributed by atoms with Crippen molar-refractivity contribution < 1.29 is 38.5 Å². The lowest BCUT2D eigenvalue weighted by Gasteiger charge is -2.20. The van der Waals surface area contributed by atoms with Crippen molar-refractivity contribution in [2.45, 2.75) is 66.1 Å². The molecule has 2 heterocycles. The number of aromatic nitrogens is 1. The van der Waals surface area contributed by atoms with Crippen LogP contribution in [0.2, 0.25) is 0 Å². The first-order valence-electron chi connectivity index (χ1n) is 9.54. The second-order valence-electron chi connectivity index (χ2n) is 8.68. The topological polar surface area (TPSA) is 160 Å². The minimum atomic E-state index is -1.47. The molecule has 0 aliphatic heterocycles. The van der Waals surface area contributed by atoms with Crippen LogP contribution in [0.4, 0.5) is 21.1 Å². The fourth-order valence-corrected chi connectivity index (χ4v) is 2.64. The van der Waals surface area contributed by atoms with Crippen LogP contribution in [0.3, 0.4) is 0 Å². The summed E-state index contributed by atoms with van der Waals surface area (Å²) in [4.78, 5) is 40.2. The van der Waals surface area contributed by atoms with Gasteiger partial charge in [0, 0.05) is 5.56 Å². The number of hydrogen-bond donors (Lipinski definition) is 4. The maximum absolute atomic E-state index is 12.3. The summed E-state index contributed by atoms with van der Waals surface area (Å²) in [5.74, 6) is -2.75. The predicted molar refractivity (Wildman–Crippen MR) is 112 cm³/mol. The Morgan fingerprint density at radius 3 is 1.97 bits per heavy atom. The van der Waals surface area contributed by atoms with E-state index in [9.17, 15) is 24.6 Å². The fourth-order valence-electron chi connectivity index (χ4n) is 2.64. The zero-order valence-corrected chi connectivity index (χ0v) is 18.5. The number of ether oxygens (including phenoxy) is 2. The second kappa shape index (κ2) is 8.32. The monoisotopic (exact) mass is 437 g/mol. The molecule has 2 aromatic heterocycles. The molecule has 0 saturated carbocycles. The van der Waals surface area contributed by atoms with Gasteiger partial charge in [-0.15, -0.1) is 0 Å². The minimum Gasteiger partial charge on any atom is -0.504 e. The molecule has 0 radical (unpaired) electrons. The van der Waals surface area contributed by atoms with E-state index < -0.39 is 40.9 Å². The number of carboxylic acids is 1. The number of carboxylic acid groups (broad SMARTS) is 1. The number of amides is 2. The number of aromatic hydroxyl groups is 1. The first kappa shape index (κ1) is 23.8. The van der Waals surface area contributed by atoms with Gasteiger partial charge in [0.05, 0.1) is 0 Å². The molecule has 11 nitrogen and oxygen atoms in total. The Balaban J connectivity index is 2.61. The number of anilines is 2. The van der Waals surface area contributed by atoms with Gasteiger partial charge < -0.3 is 24.1 Å². The van der Waals surface area contributed by atoms with E-state index in [-0.39, 0.29) is 34.6 Å². The van der Waals surface area contributed by atoms with Crippen LogP contribution in [0.15, 0.2) is 4.42 Å². The van der Waals surface area contributed by atoms with Crippen LogP contribution in [0, 0.1) is 0 Å². The highest BCUT2D eigenvalue weighted by molar-refractivity contribution is 6.08. The quantitative estimate of drug-likeness (QED) is 0.540. The van der Waals surface area contributed by atoms with Crippen LogP contribution >= 0.6 is 0 Å². The lowest BCUT2D eigenvalue weighted by molar-refractivity contribution is 0.0621. The first-order valence-corrected chi connectivity index (χ1v) is 9.54. The molecule has 31 heavy (non-hydrogen) atoms. The lowest BCUT2D eigenvalue weighted by atomic mass is 10.1. The number of carbonyl (C=O) groups excluding carboxylic acids is 2. The van der Waals surface area contributed by atoms with Crippen molar-refractivity contribution in [2.24, 2.45) is 0 Å². The van der Waals surface area contributed by atoms with E-state index in [1.165, 1.54) is 0 Å².